The van der Waals surface area contributed by atoms with Crippen LogP contribution in [0.5, 0.6) is 0 Å². The molecule has 0 spiro atoms. The molecule has 3 unspecified atom stereocenters. The summed E-state index contributed by atoms with van der Waals surface area (Å²) in [6, 6.07) is 7.14. The van der Waals surface area contributed by atoms with Crippen molar-refractivity contribution in [3.05, 3.63) is 41.6 Å². The molecule has 3 atom stereocenters. The van der Waals surface area contributed by atoms with E-state index in [1.165, 1.54) is 48.9 Å². The lowest BCUT2D eigenvalue weighted by atomic mass is 9.86. The van der Waals surface area contributed by atoms with Crippen molar-refractivity contribution < 1.29 is 4.79 Å². The lowest BCUT2D eigenvalue weighted by Gasteiger charge is -2.35. The average Bonchev–Trinajstić information content (AvgIpc) is 2.64. The molecule has 2 rings (SSSR count). The minimum atomic E-state index is 0.0837. The summed E-state index contributed by atoms with van der Waals surface area (Å²) in [6.45, 7) is 13.2. The van der Waals surface area contributed by atoms with Crippen LogP contribution in [0, 0.1) is 12.8 Å². The van der Waals surface area contributed by atoms with Gasteiger partial charge in [0.2, 0.25) is 5.91 Å². The third-order valence-electron chi connectivity index (χ3n) is 6.23. The Morgan fingerprint density at radius 1 is 1.26 bits per heavy atom. The molecule has 1 aromatic rings. The molecule has 0 bridgehead atoms. The van der Waals surface area contributed by atoms with E-state index < -0.39 is 0 Å². The zero-order valence-electron chi connectivity index (χ0n) is 18.0. The molecule has 150 valence electrons. The minimum Gasteiger partial charge on any atom is -0.366 e. The van der Waals surface area contributed by atoms with Crippen LogP contribution in [0.25, 0.3) is 0 Å². The molecule has 3 heteroatoms. The summed E-state index contributed by atoms with van der Waals surface area (Å²) in [5, 5.41) is 2.90. The van der Waals surface area contributed by atoms with Crippen LogP contribution in [0.15, 0.2) is 30.5 Å². The van der Waals surface area contributed by atoms with Crippen molar-refractivity contribution in [2.75, 3.05) is 11.9 Å². The fourth-order valence-electron chi connectivity index (χ4n) is 4.21. The van der Waals surface area contributed by atoms with E-state index in [-0.39, 0.29) is 11.9 Å². The Hall–Kier alpha value is -1.77. The molecular formula is C24H38N2O. The number of nitrogens with zero attached hydrogens (tertiary/aromatic N) is 1. The summed E-state index contributed by atoms with van der Waals surface area (Å²) in [4.78, 5) is 13.8. The van der Waals surface area contributed by atoms with Gasteiger partial charge >= 0.3 is 0 Å². The second kappa shape index (κ2) is 9.96. The number of amides is 1. The number of benzene rings is 1. The largest absolute Gasteiger partial charge is 0.366 e. The molecule has 1 amide bonds. The molecular weight excluding hydrogens is 332 g/mol. The van der Waals surface area contributed by atoms with Gasteiger partial charge in [-0.25, -0.2) is 0 Å². The molecule has 3 nitrogen and oxygen atoms in total. The Kier molecular flexibility index (Phi) is 7.94. The van der Waals surface area contributed by atoms with E-state index in [2.05, 4.69) is 69.7 Å². The maximum Gasteiger partial charge on any atom is 0.224 e. The van der Waals surface area contributed by atoms with Crippen LogP contribution in [0.4, 0.5) is 5.69 Å². The normalized spacial score (nSPS) is 19.5. The maximum absolute atomic E-state index is 11.6. The summed E-state index contributed by atoms with van der Waals surface area (Å²) < 4.78 is 0. The molecule has 1 saturated heterocycles. The summed E-state index contributed by atoms with van der Waals surface area (Å²) in [6.07, 6.45) is 7.74. The number of piperidine rings is 1. The fraction of sp³-hybridized carbons (Fsp3) is 0.625. The van der Waals surface area contributed by atoms with Crippen molar-refractivity contribution in [3.8, 4) is 0 Å². The average molecular weight is 371 g/mol. The summed E-state index contributed by atoms with van der Waals surface area (Å²) in [7, 11) is 2.11. The van der Waals surface area contributed by atoms with Crippen molar-refractivity contribution in [2.45, 2.75) is 84.6 Å². The van der Waals surface area contributed by atoms with E-state index in [9.17, 15) is 4.79 Å². The van der Waals surface area contributed by atoms with Crippen LogP contribution in [0.3, 0.4) is 0 Å². The number of aryl methyl sites for hydroxylation is 1. The zero-order chi connectivity index (χ0) is 20.0. The van der Waals surface area contributed by atoms with Crippen LogP contribution in [0.1, 0.15) is 82.8 Å². The smallest absolute Gasteiger partial charge is 0.224 e. The number of anilines is 1. The van der Waals surface area contributed by atoms with Gasteiger partial charge in [0.15, 0.2) is 0 Å². The van der Waals surface area contributed by atoms with Crippen molar-refractivity contribution in [1.29, 1.82) is 0 Å². The lowest BCUT2D eigenvalue weighted by molar-refractivity contribution is -0.121. The predicted octanol–water partition coefficient (Wildman–Crippen LogP) is 5.93. The lowest BCUT2D eigenvalue weighted by Crippen LogP contribution is -2.44. The number of carbonyl (C=O) groups excluding carboxylic acids is 1. The number of likely N-dealkylation sites (N-methyl/N-ethyl adjacent to an activating group) is 1. The molecule has 27 heavy (non-hydrogen) atoms. The van der Waals surface area contributed by atoms with Gasteiger partial charge in [-0.15, -0.1) is 0 Å². The first-order chi connectivity index (χ1) is 12.9. The van der Waals surface area contributed by atoms with Gasteiger partial charge in [-0.2, -0.15) is 0 Å². The molecule has 0 aromatic heterocycles. The third-order valence-corrected chi connectivity index (χ3v) is 6.23. The van der Waals surface area contributed by atoms with Gasteiger partial charge < -0.3 is 10.2 Å². The Morgan fingerprint density at radius 2 is 2.00 bits per heavy atom. The standard InChI is InChI=1S/C24H38N2O/c1-7-9-20(11-10-17(3)8-2)21-12-13-22(18(4)16-21)26(6)23-14-15-24(27)25-19(23)5/h12-13,16-17,20,23H,5,7-11,14-15H2,1-4,6H3,(H,25,27). The molecule has 1 N–H and O–H groups in total. The van der Waals surface area contributed by atoms with Crippen LogP contribution in [-0.4, -0.2) is 19.0 Å². The van der Waals surface area contributed by atoms with Crippen molar-refractivity contribution in [3.63, 3.8) is 0 Å². The molecule has 1 aliphatic rings. The first-order valence-corrected chi connectivity index (χ1v) is 10.7. The van der Waals surface area contributed by atoms with Gasteiger partial charge in [-0.05, 0) is 55.2 Å². The highest BCUT2D eigenvalue weighted by Gasteiger charge is 2.26. The number of hydrogen-bond donors (Lipinski definition) is 1. The SMILES string of the molecule is C=C1NC(=O)CCC1N(C)c1ccc(C(CCC)CCC(C)CC)cc1C. The molecule has 1 heterocycles. The highest BCUT2D eigenvalue weighted by Crippen LogP contribution is 2.33. The van der Waals surface area contributed by atoms with Gasteiger partial charge in [-0.3, -0.25) is 4.79 Å². The predicted molar refractivity (Wildman–Crippen MR) is 116 cm³/mol. The van der Waals surface area contributed by atoms with E-state index in [0.717, 1.165) is 18.0 Å². The van der Waals surface area contributed by atoms with E-state index in [4.69, 9.17) is 0 Å². The Bertz CT molecular complexity index is 652. The number of carbonyl (C=O) groups is 1. The Morgan fingerprint density at radius 3 is 2.59 bits per heavy atom. The molecule has 0 radical (unpaired) electrons. The van der Waals surface area contributed by atoms with Gasteiger partial charge in [0.25, 0.3) is 0 Å². The topological polar surface area (TPSA) is 32.3 Å². The molecule has 0 saturated carbocycles. The van der Waals surface area contributed by atoms with Gasteiger partial charge in [-0.1, -0.05) is 58.7 Å². The highest BCUT2D eigenvalue weighted by molar-refractivity contribution is 5.79. The fourth-order valence-corrected chi connectivity index (χ4v) is 4.21. The number of nitrogens with one attached hydrogen (secondary N) is 1. The van der Waals surface area contributed by atoms with E-state index in [1.807, 2.05) is 0 Å². The van der Waals surface area contributed by atoms with Gasteiger partial charge in [0.05, 0.1) is 6.04 Å². The summed E-state index contributed by atoms with van der Waals surface area (Å²) >= 11 is 0. The van der Waals surface area contributed by atoms with Crippen molar-refractivity contribution in [1.82, 2.24) is 5.32 Å². The van der Waals surface area contributed by atoms with Gasteiger partial charge in [0.1, 0.15) is 0 Å². The quantitative estimate of drug-likeness (QED) is 0.584. The van der Waals surface area contributed by atoms with E-state index in [1.54, 1.807) is 0 Å². The zero-order valence-corrected chi connectivity index (χ0v) is 18.0. The monoisotopic (exact) mass is 370 g/mol. The van der Waals surface area contributed by atoms with Crippen LogP contribution < -0.4 is 10.2 Å². The number of hydrogen-bond acceptors (Lipinski definition) is 2. The number of rotatable bonds is 9. The van der Waals surface area contributed by atoms with Crippen LogP contribution >= 0.6 is 0 Å². The Balaban J connectivity index is 2.14. The summed E-state index contributed by atoms with van der Waals surface area (Å²) in [5.41, 5.74) is 4.84. The molecule has 1 aliphatic heterocycles. The summed E-state index contributed by atoms with van der Waals surface area (Å²) in [5.74, 6) is 1.55. The van der Waals surface area contributed by atoms with Crippen LogP contribution in [0.2, 0.25) is 0 Å². The van der Waals surface area contributed by atoms with Crippen molar-refractivity contribution in [2.24, 2.45) is 5.92 Å². The first kappa shape index (κ1) is 21.5. The van der Waals surface area contributed by atoms with Crippen molar-refractivity contribution >= 4 is 11.6 Å². The second-order valence-electron chi connectivity index (χ2n) is 8.36. The third kappa shape index (κ3) is 5.60. The molecule has 0 aliphatic carbocycles. The highest BCUT2D eigenvalue weighted by atomic mass is 16.1. The second-order valence-corrected chi connectivity index (χ2v) is 8.36. The Labute approximate surface area is 166 Å². The van der Waals surface area contributed by atoms with E-state index in [0.29, 0.717) is 12.3 Å². The molecule has 1 aromatic carbocycles. The molecule has 1 fully saturated rings. The first-order valence-electron chi connectivity index (χ1n) is 10.7. The minimum absolute atomic E-state index is 0.0837. The van der Waals surface area contributed by atoms with Gasteiger partial charge in [0, 0.05) is 24.9 Å². The maximum atomic E-state index is 11.6. The van der Waals surface area contributed by atoms with E-state index >= 15 is 0 Å². The van der Waals surface area contributed by atoms with Crippen LogP contribution in [-0.2, 0) is 4.79 Å².